The van der Waals surface area contributed by atoms with Gasteiger partial charge in [-0.1, -0.05) is 6.07 Å². The number of aromatic nitrogens is 5. The molecule has 3 heterocycles. The number of carbonyl (C=O) groups is 1. The number of likely N-dealkylation sites (N-methyl/N-ethyl adjacent to an activating group) is 1. The van der Waals surface area contributed by atoms with Gasteiger partial charge in [-0.15, -0.1) is 10.2 Å². The molecule has 0 aliphatic carbocycles. The van der Waals surface area contributed by atoms with E-state index in [2.05, 4.69) is 25.6 Å². The molecule has 0 spiro atoms. The summed E-state index contributed by atoms with van der Waals surface area (Å²) in [6.45, 7) is 1.24. The number of carbonyl (C=O) groups excluding carboxylic acids is 1. The number of hydrogen-bond donors (Lipinski definition) is 1. The van der Waals surface area contributed by atoms with Gasteiger partial charge in [0.1, 0.15) is 6.61 Å². The average molecular weight is 417 g/mol. The summed E-state index contributed by atoms with van der Waals surface area (Å²) in [4.78, 5) is 18.9. The molecule has 0 bridgehead atoms. The Hall–Kier alpha value is -3.85. The van der Waals surface area contributed by atoms with Gasteiger partial charge in [-0.2, -0.15) is 5.10 Å². The summed E-state index contributed by atoms with van der Waals surface area (Å²) < 4.78 is 7.36. The van der Waals surface area contributed by atoms with Gasteiger partial charge in [0, 0.05) is 48.6 Å². The van der Waals surface area contributed by atoms with E-state index in [1.54, 1.807) is 35.3 Å². The first-order valence-electron chi connectivity index (χ1n) is 9.79. The van der Waals surface area contributed by atoms with Crippen LogP contribution in [0.1, 0.15) is 10.4 Å². The lowest BCUT2D eigenvalue weighted by Crippen LogP contribution is -2.20. The molecule has 0 saturated carbocycles. The number of benzene rings is 1. The lowest BCUT2D eigenvalue weighted by Gasteiger charge is -2.11. The number of amides is 1. The quantitative estimate of drug-likeness (QED) is 0.494. The van der Waals surface area contributed by atoms with E-state index < -0.39 is 0 Å². The fourth-order valence-corrected chi connectivity index (χ4v) is 3.01. The first-order chi connectivity index (χ1) is 15.0. The van der Waals surface area contributed by atoms with Crippen LogP contribution in [0.5, 0.6) is 5.88 Å². The molecule has 1 amide bonds. The smallest absolute Gasteiger partial charge is 0.257 e. The van der Waals surface area contributed by atoms with Crippen LogP contribution in [0.3, 0.4) is 0 Å². The van der Waals surface area contributed by atoms with Gasteiger partial charge in [-0.3, -0.25) is 9.48 Å². The van der Waals surface area contributed by atoms with Crippen LogP contribution in [-0.2, 0) is 7.05 Å². The molecule has 31 heavy (non-hydrogen) atoms. The fourth-order valence-electron chi connectivity index (χ4n) is 3.01. The molecule has 4 aromatic rings. The zero-order chi connectivity index (χ0) is 21.8. The molecule has 158 valence electrons. The molecular weight excluding hydrogens is 394 g/mol. The Morgan fingerprint density at radius 3 is 2.77 bits per heavy atom. The minimum atomic E-state index is -0.308. The van der Waals surface area contributed by atoms with E-state index in [4.69, 9.17) is 4.74 Å². The van der Waals surface area contributed by atoms with Gasteiger partial charge in [0.25, 0.3) is 5.91 Å². The van der Waals surface area contributed by atoms with Crippen molar-refractivity contribution in [2.75, 3.05) is 32.6 Å². The maximum atomic E-state index is 12.7. The third-order valence-electron chi connectivity index (χ3n) is 4.65. The Bertz CT molecular complexity index is 1220. The van der Waals surface area contributed by atoms with Crippen LogP contribution in [0, 0.1) is 0 Å². The zero-order valence-electron chi connectivity index (χ0n) is 17.6. The largest absolute Gasteiger partial charge is 0.476 e. The molecule has 0 aliphatic heterocycles. The van der Waals surface area contributed by atoms with Crippen molar-refractivity contribution in [3.8, 4) is 17.0 Å². The Kier molecular flexibility index (Phi) is 5.85. The average Bonchev–Trinajstić information content (AvgIpc) is 3.19. The Balaban J connectivity index is 1.50. The summed E-state index contributed by atoms with van der Waals surface area (Å²) in [5.74, 6) is 0.463. The van der Waals surface area contributed by atoms with E-state index in [0.717, 1.165) is 28.6 Å². The van der Waals surface area contributed by atoms with Crippen molar-refractivity contribution in [2.45, 2.75) is 0 Å². The molecule has 0 saturated heterocycles. The fraction of sp³-hybridized carbons (Fsp3) is 0.227. The van der Waals surface area contributed by atoms with Gasteiger partial charge < -0.3 is 15.0 Å². The standard InChI is InChI=1S/C22H23N7O2/c1-28(2)8-9-31-21-12-16(6-7-23-21)22(30)25-20-11-17-10-15(4-5-19(17)26-27-20)18-13-24-29(3)14-18/h4-7,10-14H,8-9H2,1-3H3,(H,25,27,30). The van der Waals surface area contributed by atoms with Crippen molar-refractivity contribution < 1.29 is 9.53 Å². The molecule has 1 N–H and O–H groups in total. The highest BCUT2D eigenvalue weighted by molar-refractivity contribution is 6.04. The normalized spacial score (nSPS) is 11.1. The number of rotatable bonds is 7. The number of nitrogens with zero attached hydrogens (tertiary/aromatic N) is 6. The van der Waals surface area contributed by atoms with Crippen LogP contribution in [0.15, 0.2) is 55.0 Å². The van der Waals surface area contributed by atoms with E-state index in [9.17, 15) is 4.79 Å². The Morgan fingerprint density at radius 1 is 1.13 bits per heavy atom. The number of anilines is 1. The van der Waals surface area contributed by atoms with E-state index >= 15 is 0 Å². The van der Waals surface area contributed by atoms with E-state index in [0.29, 0.717) is 23.9 Å². The predicted octanol–water partition coefficient (Wildman–Crippen LogP) is 2.62. The SMILES string of the molecule is CN(C)CCOc1cc(C(=O)Nc2cc3cc(-c4cnn(C)c4)ccc3nn2)ccn1. The maximum Gasteiger partial charge on any atom is 0.257 e. The first-order valence-corrected chi connectivity index (χ1v) is 9.79. The summed E-state index contributed by atoms with van der Waals surface area (Å²) in [7, 11) is 5.80. The summed E-state index contributed by atoms with van der Waals surface area (Å²) in [5, 5.41) is 16.2. The molecule has 3 aromatic heterocycles. The molecule has 0 fully saturated rings. The number of nitrogens with one attached hydrogen (secondary N) is 1. The zero-order valence-corrected chi connectivity index (χ0v) is 17.6. The second kappa shape index (κ2) is 8.88. The van der Waals surface area contributed by atoms with Gasteiger partial charge in [0.05, 0.1) is 11.7 Å². The second-order valence-electron chi connectivity index (χ2n) is 7.39. The Morgan fingerprint density at radius 2 is 2.00 bits per heavy atom. The number of hydrogen-bond acceptors (Lipinski definition) is 7. The monoisotopic (exact) mass is 417 g/mol. The molecule has 9 heteroatoms. The van der Waals surface area contributed by atoms with Crippen molar-refractivity contribution >= 4 is 22.6 Å². The molecule has 9 nitrogen and oxygen atoms in total. The highest BCUT2D eigenvalue weighted by atomic mass is 16.5. The minimum Gasteiger partial charge on any atom is -0.476 e. The van der Waals surface area contributed by atoms with Crippen LogP contribution in [0.4, 0.5) is 5.82 Å². The minimum absolute atomic E-state index is 0.308. The molecule has 4 rings (SSSR count). The van der Waals surface area contributed by atoms with Gasteiger partial charge in [0.2, 0.25) is 5.88 Å². The summed E-state index contributed by atoms with van der Waals surface area (Å²) in [6.07, 6.45) is 5.30. The molecule has 0 atom stereocenters. The van der Waals surface area contributed by atoms with Crippen molar-refractivity contribution in [3.05, 3.63) is 60.6 Å². The van der Waals surface area contributed by atoms with Crippen molar-refractivity contribution in [3.63, 3.8) is 0 Å². The van der Waals surface area contributed by atoms with Crippen LogP contribution in [-0.4, -0.2) is 63.0 Å². The first kappa shape index (κ1) is 20.4. The molecule has 0 unspecified atom stereocenters. The molecule has 1 aromatic carbocycles. The maximum absolute atomic E-state index is 12.7. The molecular formula is C22H23N7O2. The third-order valence-corrected chi connectivity index (χ3v) is 4.65. The number of ether oxygens (including phenoxy) is 1. The Labute approximate surface area is 179 Å². The van der Waals surface area contributed by atoms with E-state index in [1.807, 2.05) is 50.4 Å². The van der Waals surface area contributed by atoms with Crippen molar-refractivity contribution in [1.82, 2.24) is 29.9 Å². The topological polar surface area (TPSA) is 98.1 Å². The lowest BCUT2D eigenvalue weighted by atomic mass is 10.1. The summed E-state index contributed by atoms with van der Waals surface area (Å²) in [6, 6.07) is 10.9. The van der Waals surface area contributed by atoms with Crippen LogP contribution >= 0.6 is 0 Å². The number of fused-ring (bicyclic) bond motifs is 1. The van der Waals surface area contributed by atoms with Crippen molar-refractivity contribution in [1.29, 1.82) is 0 Å². The van der Waals surface area contributed by atoms with E-state index in [1.165, 1.54) is 0 Å². The van der Waals surface area contributed by atoms with Gasteiger partial charge >= 0.3 is 0 Å². The molecule has 0 aliphatic rings. The number of aryl methyl sites for hydroxylation is 1. The highest BCUT2D eigenvalue weighted by Crippen LogP contribution is 2.24. The van der Waals surface area contributed by atoms with Crippen molar-refractivity contribution in [2.24, 2.45) is 7.05 Å². The highest BCUT2D eigenvalue weighted by Gasteiger charge is 2.11. The van der Waals surface area contributed by atoms with Crippen LogP contribution in [0.2, 0.25) is 0 Å². The van der Waals surface area contributed by atoms with Gasteiger partial charge in [-0.25, -0.2) is 4.98 Å². The van der Waals surface area contributed by atoms with Crippen LogP contribution in [0.25, 0.3) is 22.0 Å². The van der Waals surface area contributed by atoms with Gasteiger partial charge in [-0.05, 0) is 43.9 Å². The second-order valence-corrected chi connectivity index (χ2v) is 7.39. The predicted molar refractivity (Wildman–Crippen MR) is 118 cm³/mol. The van der Waals surface area contributed by atoms with Gasteiger partial charge in [0.15, 0.2) is 5.82 Å². The van der Waals surface area contributed by atoms with E-state index in [-0.39, 0.29) is 5.91 Å². The lowest BCUT2D eigenvalue weighted by molar-refractivity contribution is 0.102. The van der Waals surface area contributed by atoms with Crippen LogP contribution < -0.4 is 10.1 Å². The third kappa shape index (κ3) is 5.01. The number of pyridine rings is 1. The molecule has 0 radical (unpaired) electrons. The summed E-state index contributed by atoms with van der Waals surface area (Å²) >= 11 is 0. The summed E-state index contributed by atoms with van der Waals surface area (Å²) in [5.41, 5.74) is 3.19.